The van der Waals surface area contributed by atoms with E-state index in [0.717, 1.165) is 16.5 Å². The van der Waals surface area contributed by atoms with Crippen LogP contribution in [0.4, 0.5) is 5.69 Å². The summed E-state index contributed by atoms with van der Waals surface area (Å²) in [6.45, 7) is 2.13. The highest BCUT2D eigenvalue weighted by Gasteiger charge is 2.38. The standard InChI is InChI=1S/C30H32N2O6S2/c1-20-26(19-39-16-15-33)37-30(38-29(20)23-12-10-21(18-34)11-13-23)24-6-2-8-25(17-24)32-40(35,36)27-9-3-5-22-7-4-14-31-28(22)27/h2-14,17,20,26,29-30,32-34H,15-16,18-19H2,1H3. The molecule has 2 heterocycles. The van der Waals surface area contributed by atoms with Crippen LogP contribution >= 0.6 is 11.8 Å². The van der Waals surface area contributed by atoms with Crippen LogP contribution in [0.15, 0.2) is 90.0 Å². The number of aliphatic hydroxyl groups is 2. The number of para-hydroxylation sites is 1. The molecule has 0 amide bonds. The maximum absolute atomic E-state index is 13.4. The average Bonchev–Trinajstić information content (AvgIpc) is 2.98. The number of nitrogens with zero attached hydrogens (tertiary/aromatic N) is 1. The van der Waals surface area contributed by atoms with Gasteiger partial charge in [-0.15, -0.1) is 0 Å². The zero-order valence-corrected chi connectivity index (χ0v) is 23.6. The second-order valence-corrected chi connectivity index (χ2v) is 12.5. The molecule has 1 aliphatic heterocycles. The van der Waals surface area contributed by atoms with Gasteiger partial charge in [-0.05, 0) is 35.4 Å². The van der Waals surface area contributed by atoms with E-state index in [4.69, 9.17) is 9.47 Å². The van der Waals surface area contributed by atoms with Gasteiger partial charge < -0.3 is 19.7 Å². The molecule has 1 aromatic heterocycles. The van der Waals surface area contributed by atoms with Crippen molar-refractivity contribution in [2.75, 3.05) is 22.8 Å². The Bertz CT molecular complexity index is 1540. The lowest BCUT2D eigenvalue weighted by Crippen LogP contribution is -2.38. The maximum Gasteiger partial charge on any atom is 0.264 e. The van der Waals surface area contributed by atoms with Crippen molar-refractivity contribution >= 4 is 38.4 Å². The molecule has 0 spiro atoms. The molecule has 1 fully saturated rings. The highest BCUT2D eigenvalue weighted by atomic mass is 32.2. The monoisotopic (exact) mass is 580 g/mol. The first-order valence-electron chi connectivity index (χ1n) is 13.1. The molecule has 10 heteroatoms. The molecule has 5 rings (SSSR count). The quantitative estimate of drug-likeness (QED) is 0.223. The molecule has 4 aromatic rings. The summed E-state index contributed by atoms with van der Waals surface area (Å²) in [4.78, 5) is 4.38. The van der Waals surface area contributed by atoms with E-state index in [2.05, 4.69) is 16.6 Å². The number of pyridine rings is 1. The SMILES string of the molecule is CC1C(CSCCO)OC(c2cccc(NS(=O)(=O)c3cccc4cccnc34)c2)OC1c1ccc(CO)cc1. The smallest absolute Gasteiger partial charge is 0.264 e. The summed E-state index contributed by atoms with van der Waals surface area (Å²) in [6, 6.07) is 23.3. The van der Waals surface area contributed by atoms with Gasteiger partial charge in [0.1, 0.15) is 4.90 Å². The van der Waals surface area contributed by atoms with Crippen molar-refractivity contribution in [1.82, 2.24) is 4.98 Å². The Labute approximate surface area is 238 Å². The molecule has 4 atom stereocenters. The van der Waals surface area contributed by atoms with Gasteiger partial charge in [0.25, 0.3) is 10.0 Å². The van der Waals surface area contributed by atoms with Crippen LogP contribution in [0.3, 0.4) is 0 Å². The second-order valence-electron chi connectivity index (χ2n) is 9.68. The van der Waals surface area contributed by atoms with E-state index in [-0.39, 0.29) is 36.2 Å². The fraction of sp³-hybridized carbons (Fsp3) is 0.300. The number of hydrogen-bond donors (Lipinski definition) is 3. The summed E-state index contributed by atoms with van der Waals surface area (Å²) < 4.78 is 42.3. The normalized spacial score (nSPS) is 21.4. The molecule has 210 valence electrons. The lowest BCUT2D eigenvalue weighted by molar-refractivity contribution is -0.268. The number of rotatable bonds is 10. The first-order valence-corrected chi connectivity index (χ1v) is 15.7. The van der Waals surface area contributed by atoms with Crippen molar-refractivity contribution in [3.05, 3.63) is 102 Å². The number of ether oxygens (including phenoxy) is 2. The summed E-state index contributed by atoms with van der Waals surface area (Å²) in [5.74, 6) is 1.30. The minimum absolute atomic E-state index is 0.0166. The van der Waals surface area contributed by atoms with Crippen molar-refractivity contribution in [2.24, 2.45) is 5.92 Å². The molecule has 0 radical (unpaired) electrons. The molecule has 0 saturated carbocycles. The van der Waals surface area contributed by atoms with Crippen LogP contribution in [0.2, 0.25) is 0 Å². The highest BCUT2D eigenvalue weighted by molar-refractivity contribution is 7.99. The van der Waals surface area contributed by atoms with E-state index in [1.165, 1.54) is 6.07 Å². The average molecular weight is 581 g/mol. The fourth-order valence-corrected chi connectivity index (χ4v) is 6.97. The van der Waals surface area contributed by atoms with E-state index in [1.807, 2.05) is 42.5 Å². The Balaban J connectivity index is 1.42. The molecule has 3 aromatic carbocycles. The number of thioether (sulfide) groups is 1. The van der Waals surface area contributed by atoms with E-state index in [9.17, 15) is 18.6 Å². The van der Waals surface area contributed by atoms with Crippen LogP contribution in [-0.2, 0) is 26.1 Å². The molecule has 1 aliphatic rings. The number of benzene rings is 3. The number of aromatic nitrogens is 1. The van der Waals surface area contributed by atoms with Gasteiger partial charge in [-0.2, -0.15) is 11.8 Å². The molecule has 4 unspecified atom stereocenters. The molecule has 8 nitrogen and oxygen atoms in total. The van der Waals surface area contributed by atoms with Crippen molar-refractivity contribution in [1.29, 1.82) is 0 Å². The predicted molar refractivity (Wildman–Crippen MR) is 156 cm³/mol. The van der Waals surface area contributed by atoms with E-state index >= 15 is 0 Å². The maximum atomic E-state index is 13.4. The minimum Gasteiger partial charge on any atom is -0.396 e. The molecule has 0 bridgehead atoms. The second kappa shape index (κ2) is 12.7. The number of aliphatic hydroxyl groups excluding tert-OH is 2. The van der Waals surface area contributed by atoms with E-state index in [1.54, 1.807) is 48.3 Å². The summed E-state index contributed by atoms with van der Waals surface area (Å²) in [6.07, 6.45) is 0.388. The van der Waals surface area contributed by atoms with Gasteiger partial charge in [-0.3, -0.25) is 9.71 Å². The molecule has 3 N–H and O–H groups in total. The van der Waals surface area contributed by atoms with Gasteiger partial charge in [0.2, 0.25) is 0 Å². The van der Waals surface area contributed by atoms with Crippen LogP contribution in [0, 0.1) is 5.92 Å². The first-order chi connectivity index (χ1) is 19.4. The van der Waals surface area contributed by atoms with Crippen LogP contribution < -0.4 is 4.72 Å². The lowest BCUT2D eigenvalue weighted by atomic mass is 9.91. The number of hydrogen-bond acceptors (Lipinski definition) is 8. The Morgan fingerprint density at radius 3 is 2.50 bits per heavy atom. The van der Waals surface area contributed by atoms with E-state index in [0.29, 0.717) is 28.3 Å². The van der Waals surface area contributed by atoms with Gasteiger partial charge >= 0.3 is 0 Å². The minimum atomic E-state index is -3.92. The van der Waals surface area contributed by atoms with Gasteiger partial charge in [-0.1, -0.05) is 61.5 Å². The number of fused-ring (bicyclic) bond motifs is 1. The van der Waals surface area contributed by atoms with Gasteiger partial charge in [0.15, 0.2) is 6.29 Å². The third kappa shape index (κ3) is 6.33. The summed E-state index contributed by atoms with van der Waals surface area (Å²) in [5, 5.41) is 19.5. The number of anilines is 1. The summed E-state index contributed by atoms with van der Waals surface area (Å²) in [5.41, 5.74) is 3.25. The van der Waals surface area contributed by atoms with Crippen molar-refractivity contribution < 1.29 is 28.1 Å². The molecule has 1 saturated heterocycles. The fourth-order valence-electron chi connectivity index (χ4n) is 4.83. The van der Waals surface area contributed by atoms with Crippen LogP contribution in [0.25, 0.3) is 10.9 Å². The Morgan fingerprint density at radius 1 is 0.950 bits per heavy atom. The zero-order valence-electron chi connectivity index (χ0n) is 22.0. The van der Waals surface area contributed by atoms with Gasteiger partial charge in [-0.25, -0.2) is 8.42 Å². The van der Waals surface area contributed by atoms with Crippen LogP contribution in [-0.4, -0.2) is 47.8 Å². The predicted octanol–water partition coefficient (Wildman–Crippen LogP) is 5.04. The van der Waals surface area contributed by atoms with Crippen molar-refractivity contribution in [3.63, 3.8) is 0 Å². The van der Waals surface area contributed by atoms with Crippen molar-refractivity contribution in [3.8, 4) is 0 Å². The van der Waals surface area contributed by atoms with E-state index < -0.39 is 16.3 Å². The van der Waals surface area contributed by atoms with Crippen LogP contribution in [0.5, 0.6) is 0 Å². The molecule has 40 heavy (non-hydrogen) atoms. The van der Waals surface area contributed by atoms with Crippen LogP contribution in [0.1, 0.15) is 36.0 Å². The largest absolute Gasteiger partial charge is 0.396 e. The molecular weight excluding hydrogens is 548 g/mol. The highest BCUT2D eigenvalue weighted by Crippen LogP contribution is 2.42. The molecule has 0 aliphatic carbocycles. The van der Waals surface area contributed by atoms with Gasteiger partial charge in [0, 0.05) is 40.3 Å². The molecular formula is C30H32N2O6S2. The lowest BCUT2D eigenvalue weighted by Gasteiger charge is -2.41. The number of sulfonamides is 1. The summed E-state index contributed by atoms with van der Waals surface area (Å²) >= 11 is 1.61. The summed E-state index contributed by atoms with van der Waals surface area (Å²) in [7, 11) is -3.92. The Kier molecular flexibility index (Phi) is 9.04. The topological polar surface area (TPSA) is 118 Å². The van der Waals surface area contributed by atoms with Gasteiger partial charge in [0.05, 0.1) is 30.9 Å². The Hall–Kier alpha value is -2.99. The van der Waals surface area contributed by atoms with Crippen molar-refractivity contribution in [2.45, 2.75) is 36.9 Å². The third-order valence-corrected chi connectivity index (χ3v) is 9.39. The Morgan fingerprint density at radius 2 is 1.73 bits per heavy atom. The zero-order chi connectivity index (χ0) is 28.1. The third-order valence-electron chi connectivity index (χ3n) is 6.94. The first kappa shape index (κ1) is 28.5. The number of nitrogens with one attached hydrogen (secondary N) is 1.